The van der Waals surface area contributed by atoms with Crippen molar-refractivity contribution in [1.82, 2.24) is 5.32 Å². The molecule has 5 heteroatoms. The number of urea groups is 1. The van der Waals surface area contributed by atoms with Gasteiger partial charge in [-0.2, -0.15) is 0 Å². The van der Waals surface area contributed by atoms with Crippen LogP contribution in [0.1, 0.15) is 18.4 Å². The Morgan fingerprint density at radius 3 is 3.00 bits per heavy atom. The molecule has 1 aliphatic rings. The molecule has 18 heavy (non-hydrogen) atoms. The number of nitrogens with one attached hydrogen (secondary N) is 1. The number of anilines is 1. The standard InChI is InChI=1S/C13H16N2O3/c1-9-3-2-4-11(7-9)15-8-10(14-13(15)18)5-6-12(16)17/h2-4,7,10H,5-6,8H2,1H3,(H,14,18)(H,16,17). The average Bonchev–Trinajstić information content (AvgIpc) is 2.68. The van der Waals surface area contributed by atoms with Gasteiger partial charge in [-0.3, -0.25) is 9.69 Å². The zero-order valence-corrected chi connectivity index (χ0v) is 10.2. The van der Waals surface area contributed by atoms with Gasteiger partial charge >= 0.3 is 12.0 Å². The highest BCUT2D eigenvalue weighted by Gasteiger charge is 2.29. The molecule has 1 aliphatic heterocycles. The summed E-state index contributed by atoms with van der Waals surface area (Å²) in [7, 11) is 0. The molecule has 1 aromatic carbocycles. The molecule has 2 N–H and O–H groups in total. The Morgan fingerprint density at radius 1 is 1.56 bits per heavy atom. The number of carbonyl (C=O) groups is 2. The zero-order valence-electron chi connectivity index (χ0n) is 10.2. The summed E-state index contributed by atoms with van der Waals surface area (Å²) < 4.78 is 0. The number of amides is 2. The lowest BCUT2D eigenvalue weighted by Gasteiger charge is -2.15. The molecule has 1 aromatic rings. The first-order valence-corrected chi connectivity index (χ1v) is 5.93. The maximum atomic E-state index is 11.8. The summed E-state index contributed by atoms with van der Waals surface area (Å²) in [6.45, 7) is 2.49. The number of rotatable bonds is 4. The van der Waals surface area contributed by atoms with Gasteiger partial charge in [-0.1, -0.05) is 12.1 Å². The lowest BCUT2D eigenvalue weighted by Crippen LogP contribution is -2.28. The Morgan fingerprint density at radius 2 is 2.33 bits per heavy atom. The van der Waals surface area contributed by atoms with Crippen LogP contribution in [0.5, 0.6) is 0 Å². The number of aliphatic carboxylic acids is 1. The summed E-state index contributed by atoms with van der Waals surface area (Å²) in [4.78, 5) is 24.0. The van der Waals surface area contributed by atoms with Gasteiger partial charge in [-0.15, -0.1) is 0 Å². The van der Waals surface area contributed by atoms with Crippen LogP contribution in [-0.2, 0) is 4.79 Å². The molecule has 0 radical (unpaired) electrons. The van der Waals surface area contributed by atoms with Crippen LogP contribution in [0, 0.1) is 6.92 Å². The fourth-order valence-electron chi connectivity index (χ4n) is 2.08. The fraction of sp³-hybridized carbons (Fsp3) is 0.385. The molecule has 1 saturated heterocycles. The van der Waals surface area contributed by atoms with Crippen molar-refractivity contribution >= 4 is 17.7 Å². The van der Waals surface area contributed by atoms with E-state index in [-0.39, 0.29) is 18.5 Å². The number of carboxylic acids is 1. The van der Waals surface area contributed by atoms with Crippen molar-refractivity contribution in [3.05, 3.63) is 29.8 Å². The SMILES string of the molecule is Cc1cccc(N2CC(CCC(=O)O)NC2=O)c1. The summed E-state index contributed by atoms with van der Waals surface area (Å²) in [5.41, 5.74) is 1.94. The van der Waals surface area contributed by atoms with Crippen molar-refractivity contribution in [3.63, 3.8) is 0 Å². The van der Waals surface area contributed by atoms with E-state index in [1.54, 1.807) is 4.90 Å². The summed E-state index contributed by atoms with van der Waals surface area (Å²) >= 11 is 0. The Kier molecular flexibility index (Phi) is 3.50. The smallest absolute Gasteiger partial charge is 0.322 e. The molecule has 1 heterocycles. The number of benzene rings is 1. The molecule has 0 spiro atoms. The van der Waals surface area contributed by atoms with E-state index >= 15 is 0 Å². The fourth-order valence-corrected chi connectivity index (χ4v) is 2.08. The van der Waals surface area contributed by atoms with Crippen molar-refractivity contribution in [2.45, 2.75) is 25.8 Å². The second kappa shape index (κ2) is 5.08. The summed E-state index contributed by atoms with van der Waals surface area (Å²) in [5.74, 6) is -0.835. The van der Waals surface area contributed by atoms with Crippen LogP contribution in [0.15, 0.2) is 24.3 Å². The van der Waals surface area contributed by atoms with E-state index in [2.05, 4.69) is 5.32 Å². The molecular formula is C13H16N2O3. The topological polar surface area (TPSA) is 69.6 Å². The molecule has 1 atom stereocenters. The maximum Gasteiger partial charge on any atom is 0.322 e. The Bertz CT molecular complexity index is 473. The number of nitrogens with zero attached hydrogens (tertiary/aromatic N) is 1. The van der Waals surface area contributed by atoms with Crippen molar-refractivity contribution in [2.24, 2.45) is 0 Å². The Labute approximate surface area is 105 Å². The van der Waals surface area contributed by atoms with Crippen LogP contribution >= 0.6 is 0 Å². The van der Waals surface area contributed by atoms with Gasteiger partial charge in [0.05, 0.1) is 0 Å². The van der Waals surface area contributed by atoms with E-state index in [4.69, 9.17) is 5.11 Å². The van der Waals surface area contributed by atoms with Crippen LogP contribution < -0.4 is 10.2 Å². The van der Waals surface area contributed by atoms with Crippen LogP contribution in [-0.4, -0.2) is 29.7 Å². The minimum absolute atomic E-state index is 0.0760. The number of aryl methyl sites for hydroxylation is 1. The third-order valence-electron chi connectivity index (χ3n) is 3.00. The molecule has 0 bridgehead atoms. The van der Waals surface area contributed by atoms with E-state index in [0.717, 1.165) is 11.3 Å². The van der Waals surface area contributed by atoms with Crippen LogP contribution in [0.25, 0.3) is 0 Å². The number of hydrogen-bond donors (Lipinski definition) is 2. The first-order valence-electron chi connectivity index (χ1n) is 5.93. The third kappa shape index (κ3) is 2.80. The van der Waals surface area contributed by atoms with Crippen LogP contribution in [0.3, 0.4) is 0 Å². The van der Waals surface area contributed by atoms with Crippen molar-refractivity contribution in [3.8, 4) is 0 Å². The number of carbonyl (C=O) groups excluding carboxylic acids is 1. The van der Waals surface area contributed by atoms with Crippen molar-refractivity contribution in [1.29, 1.82) is 0 Å². The number of carboxylic acid groups (broad SMARTS) is 1. The normalized spacial score (nSPS) is 18.8. The monoisotopic (exact) mass is 248 g/mol. The molecule has 2 amide bonds. The minimum Gasteiger partial charge on any atom is -0.481 e. The minimum atomic E-state index is -0.835. The largest absolute Gasteiger partial charge is 0.481 e. The van der Waals surface area contributed by atoms with E-state index in [0.29, 0.717) is 13.0 Å². The second-order valence-corrected chi connectivity index (χ2v) is 4.53. The van der Waals surface area contributed by atoms with Gasteiger partial charge in [-0.05, 0) is 31.0 Å². The molecule has 96 valence electrons. The maximum absolute atomic E-state index is 11.8. The van der Waals surface area contributed by atoms with E-state index < -0.39 is 5.97 Å². The van der Waals surface area contributed by atoms with Gasteiger partial charge in [0.1, 0.15) is 0 Å². The van der Waals surface area contributed by atoms with Crippen LogP contribution in [0.4, 0.5) is 10.5 Å². The molecule has 0 saturated carbocycles. The molecule has 0 aliphatic carbocycles. The van der Waals surface area contributed by atoms with Crippen molar-refractivity contribution < 1.29 is 14.7 Å². The molecule has 5 nitrogen and oxygen atoms in total. The highest BCUT2D eigenvalue weighted by atomic mass is 16.4. The van der Waals surface area contributed by atoms with Gasteiger partial charge in [0, 0.05) is 24.7 Å². The zero-order chi connectivity index (χ0) is 13.1. The predicted octanol–water partition coefficient (Wildman–Crippen LogP) is 1.76. The van der Waals surface area contributed by atoms with E-state index in [1.165, 1.54) is 0 Å². The molecule has 1 unspecified atom stereocenters. The lowest BCUT2D eigenvalue weighted by molar-refractivity contribution is -0.137. The Balaban J connectivity index is 2.03. The van der Waals surface area contributed by atoms with Crippen LogP contribution in [0.2, 0.25) is 0 Å². The molecule has 2 rings (SSSR count). The molecule has 1 fully saturated rings. The summed E-state index contributed by atoms with van der Waals surface area (Å²) in [5, 5.41) is 11.4. The average molecular weight is 248 g/mol. The highest BCUT2D eigenvalue weighted by Crippen LogP contribution is 2.20. The summed E-state index contributed by atoms with van der Waals surface area (Å²) in [6.07, 6.45) is 0.538. The lowest BCUT2D eigenvalue weighted by atomic mass is 10.1. The van der Waals surface area contributed by atoms with E-state index in [1.807, 2.05) is 31.2 Å². The number of hydrogen-bond acceptors (Lipinski definition) is 2. The van der Waals surface area contributed by atoms with Gasteiger partial charge < -0.3 is 10.4 Å². The Hall–Kier alpha value is -2.04. The van der Waals surface area contributed by atoms with Crippen molar-refractivity contribution in [2.75, 3.05) is 11.4 Å². The quantitative estimate of drug-likeness (QED) is 0.853. The highest BCUT2D eigenvalue weighted by molar-refractivity contribution is 5.94. The first kappa shape index (κ1) is 12.4. The summed E-state index contributed by atoms with van der Waals surface area (Å²) in [6, 6.07) is 7.46. The van der Waals surface area contributed by atoms with Gasteiger partial charge in [0.2, 0.25) is 0 Å². The third-order valence-corrected chi connectivity index (χ3v) is 3.00. The van der Waals surface area contributed by atoms with E-state index in [9.17, 15) is 9.59 Å². The second-order valence-electron chi connectivity index (χ2n) is 4.53. The van der Waals surface area contributed by atoms with Gasteiger partial charge in [-0.25, -0.2) is 4.79 Å². The van der Waals surface area contributed by atoms with Gasteiger partial charge in [0.15, 0.2) is 0 Å². The molecule has 0 aromatic heterocycles. The molecular weight excluding hydrogens is 232 g/mol. The van der Waals surface area contributed by atoms with Gasteiger partial charge in [0.25, 0.3) is 0 Å². The first-order chi connectivity index (χ1) is 8.56. The predicted molar refractivity (Wildman–Crippen MR) is 67.7 cm³/mol.